The number of nitrogens with zero attached hydrogens (tertiary/aromatic N) is 1. The van der Waals surface area contributed by atoms with Crippen molar-refractivity contribution < 1.29 is 14.3 Å². The molecule has 1 saturated heterocycles. The highest BCUT2D eigenvalue weighted by Crippen LogP contribution is 2.30. The molecule has 1 fully saturated rings. The standard InChI is InChI=1S/C20H22BrClN2O3/c1-13-9-16(10-14(2)20(13)22)27-12-19(25)23-15-3-4-18(17(21)11-15)24-5-7-26-8-6-24/h3-4,9-11H,5-8,12H2,1-2H3,(H,23,25). The Labute approximate surface area is 172 Å². The van der Waals surface area contributed by atoms with Crippen molar-refractivity contribution in [2.24, 2.45) is 0 Å². The second-order valence-corrected chi connectivity index (χ2v) is 7.71. The zero-order chi connectivity index (χ0) is 19.4. The van der Waals surface area contributed by atoms with E-state index in [-0.39, 0.29) is 12.5 Å². The van der Waals surface area contributed by atoms with Gasteiger partial charge in [-0.15, -0.1) is 0 Å². The van der Waals surface area contributed by atoms with E-state index in [4.69, 9.17) is 21.1 Å². The molecule has 2 aromatic rings. The number of anilines is 2. The van der Waals surface area contributed by atoms with Crippen LogP contribution in [0.3, 0.4) is 0 Å². The highest BCUT2D eigenvalue weighted by Gasteiger charge is 2.15. The number of carbonyl (C=O) groups is 1. The van der Waals surface area contributed by atoms with Crippen molar-refractivity contribution in [1.29, 1.82) is 0 Å². The SMILES string of the molecule is Cc1cc(OCC(=O)Nc2ccc(N3CCOCC3)c(Br)c2)cc(C)c1Cl. The Morgan fingerprint density at radius 3 is 2.52 bits per heavy atom. The number of nitrogens with one attached hydrogen (secondary N) is 1. The molecule has 27 heavy (non-hydrogen) atoms. The van der Waals surface area contributed by atoms with Gasteiger partial charge in [-0.3, -0.25) is 4.79 Å². The fourth-order valence-corrected chi connectivity index (χ4v) is 3.72. The zero-order valence-electron chi connectivity index (χ0n) is 15.4. The Bertz CT molecular complexity index is 815. The summed E-state index contributed by atoms with van der Waals surface area (Å²) in [6, 6.07) is 9.45. The summed E-state index contributed by atoms with van der Waals surface area (Å²) in [7, 11) is 0. The number of hydrogen-bond acceptors (Lipinski definition) is 4. The first-order valence-electron chi connectivity index (χ1n) is 8.75. The number of aryl methyl sites for hydroxylation is 2. The number of hydrogen-bond donors (Lipinski definition) is 1. The van der Waals surface area contributed by atoms with Crippen LogP contribution < -0.4 is 15.0 Å². The summed E-state index contributed by atoms with van der Waals surface area (Å²) < 4.78 is 11.9. The topological polar surface area (TPSA) is 50.8 Å². The third-order valence-electron chi connectivity index (χ3n) is 4.36. The molecule has 0 radical (unpaired) electrons. The second kappa shape index (κ2) is 8.95. The summed E-state index contributed by atoms with van der Waals surface area (Å²) in [4.78, 5) is 14.5. The quantitative estimate of drug-likeness (QED) is 0.720. The first kappa shape index (κ1) is 20.0. The number of halogens is 2. The van der Waals surface area contributed by atoms with Gasteiger partial charge in [0.15, 0.2) is 6.61 Å². The Balaban J connectivity index is 1.58. The van der Waals surface area contributed by atoms with Gasteiger partial charge in [0.2, 0.25) is 0 Å². The molecule has 5 nitrogen and oxygen atoms in total. The number of rotatable bonds is 5. The second-order valence-electron chi connectivity index (χ2n) is 6.47. The van der Waals surface area contributed by atoms with Gasteiger partial charge >= 0.3 is 0 Å². The van der Waals surface area contributed by atoms with E-state index in [0.717, 1.165) is 58.3 Å². The normalized spacial score (nSPS) is 14.1. The molecule has 0 spiro atoms. The summed E-state index contributed by atoms with van der Waals surface area (Å²) in [5, 5.41) is 3.58. The summed E-state index contributed by atoms with van der Waals surface area (Å²) >= 11 is 9.75. The summed E-state index contributed by atoms with van der Waals surface area (Å²) in [5.74, 6) is 0.416. The van der Waals surface area contributed by atoms with Crippen molar-refractivity contribution in [1.82, 2.24) is 0 Å². The molecule has 1 amide bonds. The summed E-state index contributed by atoms with van der Waals surface area (Å²) in [6.07, 6.45) is 0. The number of carbonyl (C=O) groups excluding carboxylic acids is 1. The van der Waals surface area contributed by atoms with Crippen LogP contribution >= 0.6 is 27.5 Å². The lowest BCUT2D eigenvalue weighted by Crippen LogP contribution is -2.36. The van der Waals surface area contributed by atoms with Crippen LogP contribution in [0.4, 0.5) is 11.4 Å². The highest BCUT2D eigenvalue weighted by atomic mass is 79.9. The Hall–Kier alpha value is -1.76. The van der Waals surface area contributed by atoms with E-state index in [0.29, 0.717) is 5.75 Å². The minimum atomic E-state index is -0.216. The van der Waals surface area contributed by atoms with E-state index < -0.39 is 0 Å². The van der Waals surface area contributed by atoms with Crippen LogP contribution in [-0.2, 0) is 9.53 Å². The molecule has 0 bridgehead atoms. The van der Waals surface area contributed by atoms with Gasteiger partial charge < -0.3 is 19.7 Å². The smallest absolute Gasteiger partial charge is 0.262 e. The molecular weight excluding hydrogens is 432 g/mol. The van der Waals surface area contributed by atoms with Gasteiger partial charge in [-0.1, -0.05) is 11.6 Å². The van der Waals surface area contributed by atoms with E-state index in [1.54, 1.807) is 0 Å². The Morgan fingerprint density at radius 2 is 1.89 bits per heavy atom. The lowest BCUT2D eigenvalue weighted by molar-refractivity contribution is -0.118. The van der Waals surface area contributed by atoms with E-state index >= 15 is 0 Å². The number of amides is 1. The van der Waals surface area contributed by atoms with Crippen LogP contribution in [-0.4, -0.2) is 38.8 Å². The van der Waals surface area contributed by atoms with E-state index in [9.17, 15) is 4.79 Å². The lowest BCUT2D eigenvalue weighted by atomic mass is 10.1. The van der Waals surface area contributed by atoms with Gasteiger partial charge in [-0.2, -0.15) is 0 Å². The maximum absolute atomic E-state index is 12.2. The molecule has 1 N–H and O–H groups in total. The van der Waals surface area contributed by atoms with Crippen molar-refractivity contribution in [2.45, 2.75) is 13.8 Å². The van der Waals surface area contributed by atoms with Gasteiger partial charge in [0.1, 0.15) is 5.75 Å². The van der Waals surface area contributed by atoms with Crippen molar-refractivity contribution in [3.63, 3.8) is 0 Å². The number of benzene rings is 2. The average molecular weight is 454 g/mol. The van der Waals surface area contributed by atoms with Crippen LogP contribution in [0.2, 0.25) is 5.02 Å². The lowest BCUT2D eigenvalue weighted by Gasteiger charge is -2.29. The first-order valence-corrected chi connectivity index (χ1v) is 9.93. The Morgan fingerprint density at radius 1 is 1.22 bits per heavy atom. The first-order chi connectivity index (χ1) is 12.9. The van der Waals surface area contributed by atoms with Crippen LogP contribution in [0.15, 0.2) is 34.8 Å². The molecule has 2 aromatic carbocycles. The minimum Gasteiger partial charge on any atom is -0.484 e. The molecule has 0 aromatic heterocycles. The van der Waals surface area contributed by atoms with Crippen LogP contribution in [0.5, 0.6) is 5.75 Å². The van der Waals surface area contributed by atoms with Crippen molar-refractivity contribution in [3.8, 4) is 5.75 Å². The molecule has 3 rings (SSSR count). The van der Waals surface area contributed by atoms with Crippen LogP contribution in [0.1, 0.15) is 11.1 Å². The maximum Gasteiger partial charge on any atom is 0.262 e. The minimum absolute atomic E-state index is 0.0661. The van der Waals surface area contributed by atoms with Gasteiger partial charge in [0, 0.05) is 28.3 Å². The van der Waals surface area contributed by atoms with E-state index in [1.165, 1.54) is 0 Å². The monoisotopic (exact) mass is 452 g/mol. The van der Waals surface area contributed by atoms with Crippen molar-refractivity contribution in [3.05, 3.63) is 51.0 Å². The van der Waals surface area contributed by atoms with Gasteiger partial charge in [-0.05, 0) is 71.2 Å². The van der Waals surface area contributed by atoms with Gasteiger partial charge in [-0.25, -0.2) is 0 Å². The third kappa shape index (κ3) is 5.15. The molecule has 144 valence electrons. The van der Waals surface area contributed by atoms with Crippen molar-refractivity contribution in [2.75, 3.05) is 43.1 Å². The van der Waals surface area contributed by atoms with Crippen molar-refractivity contribution >= 4 is 44.8 Å². The zero-order valence-corrected chi connectivity index (χ0v) is 17.7. The molecule has 1 aliphatic heterocycles. The molecule has 0 unspecified atom stereocenters. The fourth-order valence-electron chi connectivity index (χ4n) is 2.98. The highest BCUT2D eigenvalue weighted by molar-refractivity contribution is 9.10. The average Bonchev–Trinajstić information content (AvgIpc) is 2.65. The predicted octanol–water partition coefficient (Wildman–Crippen LogP) is 4.57. The molecule has 1 aliphatic rings. The Kier molecular flexibility index (Phi) is 6.63. The summed E-state index contributed by atoms with van der Waals surface area (Å²) in [5.41, 5.74) is 3.67. The van der Waals surface area contributed by atoms with Gasteiger partial charge in [0.05, 0.1) is 18.9 Å². The maximum atomic E-state index is 12.2. The molecular formula is C20H22BrClN2O3. The largest absolute Gasteiger partial charge is 0.484 e. The van der Waals surface area contributed by atoms with E-state index in [1.807, 2.05) is 44.2 Å². The molecule has 7 heteroatoms. The van der Waals surface area contributed by atoms with E-state index in [2.05, 4.69) is 26.1 Å². The number of ether oxygens (including phenoxy) is 2. The molecule has 0 aliphatic carbocycles. The van der Waals surface area contributed by atoms with Gasteiger partial charge in [0.25, 0.3) is 5.91 Å². The molecule has 0 atom stereocenters. The third-order valence-corrected chi connectivity index (χ3v) is 5.59. The number of morpholine rings is 1. The molecule has 0 saturated carbocycles. The van der Waals surface area contributed by atoms with Crippen LogP contribution in [0.25, 0.3) is 0 Å². The molecule has 1 heterocycles. The fraction of sp³-hybridized carbons (Fsp3) is 0.350. The predicted molar refractivity (Wildman–Crippen MR) is 112 cm³/mol. The summed E-state index contributed by atoms with van der Waals surface area (Å²) in [6.45, 7) is 6.93. The van der Waals surface area contributed by atoms with Crippen LogP contribution in [0, 0.1) is 13.8 Å².